The predicted molar refractivity (Wildman–Crippen MR) is 69.8 cm³/mol. The Bertz CT molecular complexity index is 276. The van der Waals surface area contributed by atoms with E-state index in [1.807, 2.05) is 6.20 Å². The molecule has 0 saturated carbocycles. The summed E-state index contributed by atoms with van der Waals surface area (Å²) in [5.41, 5.74) is 7.28. The monoisotopic (exact) mass is 241 g/mol. The molecule has 0 unspecified atom stereocenters. The fourth-order valence-electron chi connectivity index (χ4n) is 1.37. The zero-order chi connectivity index (χ0) is 11.6. The third-order valence-corrected chi connectivity index (χ3v) is 2.48. The van der Waals surface area contributed by atoms with E-state index in [1.54, 1.807) is 7.11 Å². The van der Waals surface area contributed by atoms with Gasteiger partial charge in [-0.05, 0) is 37.1 Å². The second-order valence-corrected chi connectivity index (χ2v) is 3.94. The Hall–Kier alpha value is -1.07. The van der Waals surface area contributed by atoms with Crippen LogP contribution in [-0.2, 0) is 4.74 Å². The van der Waals surface area contributed by atoms with Crippen molar-refractivity contribution in [3.63, 3.8) is 0 Å². The third-order valence-electron chi connectivity index (χ3n) is 2.23. The predicted octanol–water partition coefficient (Wildman–Crippen LogP) is 1.23. The number of methoxy groups -OCH3 is 1. The highest BCUT2D eigenvalue weighted by atomic mass is 32.1. The van der Waals surface area contributed by atoms with E-state index in [9.17, 15) is 0 Å². The smallest absolute Gasteiger partial charge is 0.185 e. The summed E-state index contributed by atoms with van der Waals surface area (Å²) in [4.78, 5) is 0. The van der Waals surface area contributed by atoms with Gasteiger partial charge in [-0.2, -0.15) is 0 Å². The van der Waals surface area contributed by atoms with Crippen molar-refractivity contribution < 1.29 is 4.74 Å². The van der Waals surface area contributed by atoms with Crippen molar-refractivity contribution in [1.82, 2.24) is 16.2 Å². The normalized spacial score (nSPS) is 17.2. The van der Waals surface area contributed by atoms with Gasteiger partial charge in [0.05, 0.1) is 6.61 Å². The highest BCUT2D eigenvalue weighted by Gasteiger charge is 1.98. The Morgan fingerprint density at radius 3 is 3.12 bits per heavy atom. The number of ether oxygens (including phenoxy) is 1. The van der Waals surface area contributed by atoms with Crippen LogP contribution < -0.4 is 16.2 Å². The zero-order valence-electron chi connectivity index (χ0n) is 9.58. The van der Waals surface area contributed by atoms with Gasteiger partial charge in [-0.1, -0.05) is 12.2 Å². The Kier molecular flexibility index (Phi) is 6.60. The molecular formula is C11H19N3OS. The lowest BCUT2D eigenvalue weighted by Gasteiger charge is -2.12. The molecule has 4 nitrogen and oxygen atoms in total. The molecule has 0 amide bonds. The van der Waals surface area contributed by atoms with Crippen LogP contribution in [0, 0.1) is 0 Å². The van der Waals surface area contributed by atoms with Gasteiger partial charge in [-0.25, -0.2) is 0 Å². The summed E-state index contributed by atoms with van der Waals surface area (Å²) in [6, 6.07) is 0. The second-order valence-electron chi connectivity index (χ2n) is 3.53. The molecule has 0 heterocycles. The maximum absolute atomic E-state index is 5.05. The van der Waals surface area contributed by atoms with E-state index in [1.165, 1.54) is 5.57 Å². The lowest BCUT2D eigenvalue weighted by Crippen LogP contribution is -2.42. The summed E-state index contributed by atoms with van der Waals surface area (Å²) >= 11 is 5.05. The summed E-state index contributed by atoms with van der Waals surface area (Å²) in [7, 11) is 1.66. The van der Waals surface area contributed by atoms with Gasteiger partial charge in [-0.3, -0.25) is 5.43 Å². The lowest BCUT2D eigenvalue weighted by atomic mass is 10.0. The Balaban J connectivity index is 2.09. The standard InChI is InChI=1S/C11H19N3OS/c1-15-8-7-12-11(16)14-13-9-10-5-3-2-4-6-10/h2-3,9,13H,4-8H2,1H3,(H2,12,14,16)/b10-9+. The molecule has 0 aromatic heterocycles. The number of allylic oxidation sites excluding steroid dienone is 3. The molecule has 16 heavy (non-hydrogen) atoms. The van der Waals surface area contributed by atoms with Crippen molar-refractivity contribution >= 4 is 17.3 Å². The van der Waals surface area contributed by atoms with Gasteiger partial charge < -0.3 is 15.5 Å². The van der Waals surface area contributed by atoms with Gasteiger partial charge in [-0.15, -0.1) is 0 Å². The maximum Gasteiger partial charge on any atom is 0.185 e. The first-order valence-electron chi connectivity index (χ1n) is 5.44. The van der Waals surface area contributed by atoms with E-state index in [4.69, 9.17) is 17.0 Å². The highest BCUT2D eigenvalue weighted by Crippen LogP contribution is 2.15. The number of hydrazine groups is 1. The topological polar surface area (TPSA) is 45.3 Å². The number of hydrogen-bond donors (Lipinski definition) is 3. The molecular weight excluding hydrogens is 222 g/mol. The van der Waals surface area contributed by atoms with Crippen molar-refractivity contribution in [2.75, 3.05) is 20.3 Å². The van der Waals surface area contributed by atoms with Crippen LogP contribution in [0.4, 0.5) is 0 Å². The van der Waals surface area contributed by atoms with Crippen molar-refractivity contribution in [2.45, 2.75) is 19.3 Å². The van der Waals surface area contributed by atoms with Gasteiger partial charge in [0, 0.05) is 19.9 Å². The summed E-state index contributed by atoms with van der Waals surface area (Å²) in [5.74, 6) is 0. The molecule has 3 N–H and O–H groups in total. The van der Waals surface area contributed by atoms with Crippen LogP contribution in [0.1, 0.15) is 19.3 Å². The number of rotatable bonds is 5. The summed E-state index contributed by atoms with van der Waals surface area (Å²) in [5, 5.41) is 3.59. The van der Waals surface area contributed by atoms with Gasteiger partial charge in [0.2, 0.25) is 0 Å². The summed E-state index contributed by atoms with van der Waals surface area (Å²) in [6.07, 6.45) is 9.65. The van der Waals surface area contributed by atoms with Gasteiger partial charge >= 0.3 is 0 Å². The molecule has 0 atom stereocenters. The first-order chi connectivity index (χ1) is 7.83. The lowest BCUT2D eigenvalue weighted by molar-refractivity contribution is 0.204. The molecule has 0 aromatic rings. The summed E-state index contributed by atoms with van der Waals surface area (Å²) < 4.78 is 4.90. The molecule has 0 aliphatic heterocycles. The van der Waals surface area contributed by atoms with Gasteiger partial charge in [0.25, 0.3) is 0 Å². The molecule has 0 spiro atoms. The first kappa shape index (κ1) is 13.0. The van der Waals surface area contributed by atoms with Gasteiger partial charge in [0.15, 0.2) is 5.11 Å². The molecule has 0 aromatic carbocycles. The van der Waals surface area contributed by atoms with Crippen LogP contribution in [0.2, 0.25) is 0 Å². The molecule has 0 saturated heterocycles. The molecule has 1 aliphatic rings. The maximum atomic E-state index is 5.05. The molecule has 0 radical (unpaired) electrons. The Morgan fingerprint density at radius 1 is 1.56 bits per heavy atom. The van der Waals surface area contributed by atoms with Crippen molar-refractivity contribution in [3.05, 3.63) is 23.9 Å². The number of thiocarbonyl (C=S) groups is 1. The molecule has 90 valence electrons. The van der Waals surface area contributed by atoms with E-state index >= 15 is 0 Å². The van der Waals surface area contributed by atoms with E-state index in [2.05, 4.69) is 28.3 Å². The molecule has 1 rings (SSSR count). The van der Waals surface area contributed by atoms with Crippen molar-refractivity contribution in [2.24, 2.45) is 0 Å². The highest BCUT2D eigenvalue weighted by molar-refractivity contribution is 7.80. The molecule has 1 aliphatic carbocycles. The zero-order valence-corrected chi connectivity index (χ0v) is 10.4. The van der Waals surface area contributed by atoms with E-state index in [-0.39, 0.29) is 0 Å². The SMILES string of the molecule is COCCNC(=S)NN/C=C1\CC=CCC1. The van der Waals surface area contributed by atoms with Crippen LogP contribution in [-0.4, -0.2) is 25.4 Å². The fourth-order valence-corrected chi connectivity index (χ4v) is 1.53. The van der Waals surface area contributed by atoms with Crippen molar-refractivity contribution in [1.29, 1.82) is 0 Å². The van der Waals surface area contributed by atoms with Crippen LogP contribution in [0.15, 0.2) is 23.9 Å². The molecule has 0 fully saturated rings. The first-order valence-corrected chi connectivity index (χ1v) is 5.85. The average molecular weight is 241 g/mol. The summed E-state index contributed by atoms with van der Waals surface area (Å²) in [6.45, 7) is 1.36. The minimum absolute atomic E-state index is 0.584. The number of hydrogen-bond acceptors (Lipinski definition) is 3. The second kappa shape index (κ2) is 8.13. The third kappa shape index (κ3) is 5.72. The van der Waals surface area contributed by atoms with Gasteiger partial charge in [0.1, 0.15) is 0 Å². The number of nitrogens with one attached hydrogen (secondary N) is 3. The Morgan fingerprint density at radius 2 is 2.44 bits per heavy atom. The largest absolute Gasteiger partial charge is 0.383 e. The minimum atomic E-state index is 0.584. The van der Waals surface area contributed by atoms with Crippen molar-refractivity contribution in [3.8, 4) is 0 Å². The Labute approximate surface area is 102 Å². The average Bonchev–Trinajstić information content (AvgIpc) is 2.31. The quantitative estimate of drug-likeness (QED) is 0.292. The molecule has 0 bridgehead atoms. The van der Waals surface area contributed by atoms with Crippen LogP contribution in [0.3, 0.4) is 0 Å². The van der Waals surface area contributed by atoms with E-state index < -0.39 is 0 Å². The minimum Gasteiger partial charge on any atom is -0.383 e. The fraction of sp³-hybridized carbons (Fsp3) is 0.545. The van der Waals surface area contributed by atoms with E-state index in [0.717, 1.165) is 19.3 Å². The van der Waals surface area contributed by atoms with E-state index in [0.29, 0.717) is 18.3 Å². The van der Waals surface area contributed by atoms with Crippen LogP contribution in [0.25, 0.3) is 0 Å². The molecule has 5 heteroatoms. The van der Waals surface area contributed by atoms with Crippen LogP contribution >= 0.6 is 12.2 Å². The van der Waals surface area contributed by atoms with Crippen LogP contribution in [0.5, 0.6) is 0 Å².